The third kappa shape index (κ3) is 7.04. The summed E-state index contributed by atoms with van der Waals surface area (Å²) in [7, 11) is 3.90. The fourth-order valence-corrected chi connectivity index (χ4v) is 4.42. The van der Waals surface area contributed by atoms with Crippen LogP contribution >= 0.6 is 0 Å². The van der Waals surface area contributed by atoms with Crippen molar-refractivity contribution >= 4 is 23.1 Å². The van der Waals surface area contributed by atoms with E-state index in [0.717, 1.165) is 49.7 Å². The zero-order valence-electron chi connectivity index (χ0n) is 20.6. The van der Waals surface area contributed by atoms with Crippen LogP contribution in [0.25, 0.3) is 0 Å². The summed E-state index contributed by atoms with van der Waals surface area (Å²) in [4.78, 5) is 21.3. The van der Waals surface area contributed by atoms with Gasteiger partial charge in [-0.15, -0.1) is 0 Å². The van der Waals surface area contributed by atoms with Gasteiger partial charge in [0.05, 0.1) is 5.60 Å². The van der Waals surface area contributed by atoms with Crippen LogP contribution in [0.4, 0.5) is 17.2 Å². The summed E-state index contributed by atoms with van der Waals surface area (Å²) in [5.41, 5.74) is 2.92. The predicted molar refractivity (Wildman–Crippen MR) is 141 cm³/mol. The Hall–Kier alpha value is -3.42. The van der Waals surface area contributed by atoms with E-state index in [2.05, 4.69) is 32.7 Å². The number of hydrogen-bond donors (Lipinski definition) is 3. The lowest BCUT2D eigenvalue weighted by Crippen LogP contribution is -2.47. The molecule has 0 unspecified atom stereocenters. The van der Waals surface area contributed by atoms with E-state index in [1.54, 1.807) is 6.20 Å². The van der Waals surface area contributed by atoms with Crippen molar-refractivity contribution in [1.82, 2.24) is 15.2 Å². The maximum atomic E-state index is 12.7. The number of anilines is 3. The Morgan fingerprint density at radius 1 is 1.03 bits per heavy atom. The standard InChI is InChI=1S/C28H35N5O2/c1-32(2)26-20-25(11-14-29-26)31-24-10-6-9-23(19-24)27(34)30-15-18-33-16-12-28(35,13-17-33)21-22-7-4-3-5-8-22/h3-11,14,19-20,35H,12-13,15-18,21H2,1-2H3,(H,29,31)(H,30,34). The second-order valence-electron chi connectivity index (χ2n) is 9.49. The van der Waals surface area contributed by atoms with Crippen LogP contribution in [-0.2, 0) is 6.42 Å². The van der Waals surface area contributed by atoms with Gasteiger partial charge in [0.25, 0.3) is 5.91 Å². The molecule has 3 aromatic rings. The molecule has 1 fully saturated rings. The molecule has 35 heavy (non-hydrogen) atoms. The Bertz CT molecular complexity index is 1110. The zero-order chi connectivity index (χ0) is 24.7. The first-order chi connectivity index (χ1) is 16.9. The number of hydrogen-bond acceptors (Lipinski definition) is 6. The van der Waals surface area contributed by atoms with Gasteiger partial charge in [0.2, 0.25) is 0 Å². The molecule has 1 aromatic heterocycles. The van der Waals surface area contributed by atoms with Gasteiger partial charge in [-0.1, -0.05) is 36.4 Å². The van der Waals surface area contributed by atoms with Gasteiger partial charge in [-0.25, -0.2) is 4.98 Å². The van der Waals surface area contributed by atoms with Crippen LogP contribution in [0.1, 0.15) is 28.8 Å². The van der Waals surface area contributed by atoms with Gasteiger partial charge in [-0.3, -0.25) is 4.79 Å². The lowest BCUT2D eigenvalue weighted by Gasteiger charge is -2.38. The molecule has 2 aromatic carbocycles. The maximum Gasteiger partial charge on any atom is 0.251 e. The number of likely N-dealkylation sites (tertiary alicyclic amines) is 1. The number of aromatic nitrogens is 1. The summed E-state index contributed by atoms with van der Waals surface area (Å²) in [6.45, 7) is 3.01. The van der Waals surface area contributed by atoms with Gasteiger partial charge in [0.15, 0.2) is 0 Å². The third-order valence-corrected chi connectivity index (χ3v) is 6.49. The number of aliphatic hydroxyl groups is 1. The van der Waals surface area contributed by atoms with Crippen LogP contribution < -0.4 is 15.5 Å². The molecular formula is C28H35N5O2. The SMILES string of the molecule is CN(C)c1cc(Nc2cccc(C(=O)NCCN3CCC(O)(Cc4ccccc4)CC3)c2)ccn1. The Morgan fingerprint density at radius 2 is 1.77 bits per heavy atom. The highest BCUT2D eigenvalue weighted by molar-refractivity contribution is 5.95. The van der Waals surface area contributed by atoms with Crippen LogP contribution in [-0.4, -0.2) is 66.8 Å². The molecule has 1 saturated heterocycles. The van der Waals surface area contributed by atoms with E-state index >= 15 is 0 Å². The molecular weight excluding hydrogens is 438 g/mol. The summed E-state index contributed by atoms with van der Waals surface area (Å²) in [6.07, 6.45) is 3.94. The van der Waals surface area contributed by atoms with Gasteiger partial charge >= 0.3 is 0 Å². The van der Waals surface area contributed by atoms with E-state index in [-0.39, 0.29) is 5.91 Å². The Kier molecular flexibility index (Phi) is 8.00. The molecule has 0 radical (unpaired) electrons. The van der Waals surface area contributed by atoms with Crippen molar-refractivity contribution in [3.63, 3.8) is 0 Å². The van der Waals surface area contributed by atoms with Crippen molar-refractivity contribution in [3.8, 4) is 0 Å². The molecule has 1 aliphatic rings. The number of amides is 1. The van der Waals surface area contributed by atoms with E-state index in [1.807, 2.05) is 73.6 Å². The molecule has 2 heterocycles. The van der Waals surface area contributed by atoms with Gasteiger partial charge in [-0.05, 0) is 42.7 Å². The minimum absolute atomic E-state index is 0.0880. The summed E-state index contributed by atoms with van der Waals surface area (Å²) in [5, 5.41) is 17.4. The molecule has 0 saturated carbocycles. The first-order valence-corrected chi connectivity index (χ1v) is 12.2. The number of rotatable bonds is 9. The highest BCUT2D eigenvalue weighted by Crippen LogP contribution is 2.26. The van der Waals surface area contributed by atoms with E-state index in [9.17, 15) is 9.90 Å². The van der Waals surface area contributed by atoms with E-state index < -0.39 is 5.60 Å². The largest absolute Gasteiger partial charge is 0.389 e. The smallest absolute Gasteiger partial charge is 0.251 e. The molecule has 1 aliphatic heterocycles. The fourth-order valence-electron chi connectivity index (χ4n) is 4.42. The van der Waals surface area contributed by atoms with Crippen LogP contribution in [0, 0.1) is 0 Å². The van der Waals surface area contributed by atoms with Gasteiger partial charge < -0.3 is 25.5 Å². The maximum absolute atomic E-state index is 12.7. The van der Waals surface area contributed by atoms with E-state index in [1.165, 1.54) is 5.56 Å². The minimum Gasteiger partial charge on any atom is -0.389 e. The molecule has 184 valence electrons. The number of nitrogens with zero attached hydrogens (tertiary/aromatic N) is 3. The highest BCUT2D eigenvalue weighted by Gasteiger charge is 2.32. The zero-order valence-corrected chi connectivity index (χ0v) is 20.6. The Balaban J connectivity index is 1.23. The summed E-state index contributed by atoms with van der Waals surface area (Å²) in [6, 6.07) is 21.5. The van der Waals surface area contributed by atoms with Gasteiger partial charge in [-0.2, -0.15) is 0 Å². The van der Waals surface area contributed by atoms with Crippen LogP contribution in [0.5, 0.6) is 0 Å². The van der Waals surface area contributed by atoms with Gasteiger partial charge in [0, 0.05) is 75.9 Å². The topological polar surface area (TPSA) is 80.7 Å². The van der Waals surface area contributed by atoms with Crippen molar-refractivity contribution in [2.45, 2.75) is 24.9 Å². The lowest BCUT2D eigenvalue weighted by molar-refractivity contribution is -0.0202. The van der Waals surface area contributed by atoms with E-state index in [4.69, 9.17) is 0 Å². The molecule has 1 amide bonds. The molecule has 0 bridgehead atoms. The number of benzene rings is 2. The Morgan fingerprint density at radius 3 is 2.51 bits per heavy atom. The first-order valence-electron chi connectivity index (χ1n) is 12.2. The second kappa shape index (κ2) is 11.3. The summed E-state index contributed by atoms with van der Waals surface area (Å²) in [5.74, 6) is 0.773. The molecule has 0 atom stereocenters. The number of carbonyl (C=O) groups excluding carboxylic acids is 1. The number of piperidine rings is 1. The van der Waals surface area contributed by atoms with Crippen molar-refractivity contribution in [1.29, 1.82) is 0 Å². The van der Waals surface area contributed by atoms with Crippen LogP contribution in [0.15, 0.2) is 72.9 Å². The quantitative estimate of drug-likeness (QED) is 0.440. The fraction of sp³-hybridized carbons (Fsp3) is 0.357. The summed E-state index contributed by atoms with van der Waals surface area (Å²) < 4.78 is 0. The second-order valence-corrected chi connectivity index (χ2v) is 9.49. The predicted octanol–water partition coefficient (Wildman–Crippen LogP) is 3.69. The number of nitrogens with one attached hydrogen (secondary N) is 2. The first kappa shape index (κ1) is 24.7. The van der Waals surface area contributed by atoms with Crippen molar-refractivity contribution < 1.29 is 9.90 Å². The van der Waals surface area contributed by atoms with E-state index in [0.29, 0.717) is 18.5 Å². The minimum atomic E-state index is -0.642. The average Bonchev–Trinajstić information content (AvgIpc) is 2.86. The Labute approximate surface area is 207 Å². The third-order valence-electron chi connectivity index (χ3n) is 6.49. The highest BCUT2D eigenvalue weighted by atomic mass is 16.3. The molecule has 3 N–H and O–H groups in total. The number of pyridine rings is 1. The van der Waals surface area contributed by atoms with Crippen molar-refractivity contribution in [3.05, 3.63) is 84.1 Å². The van der Waals surface area contributed by atoms with Crippen LogP contribution in [0.2, 0.25) is 0 Å². The van der Waals surface area contributed by atoms with Crippen molar-refractivity contribution in [2.24, 2.45) is 0 Å². The molecule has 7 nitrogen and oxygen atoms in total. The normalized spacial score (nSPS) is 15.4. The average molecular weight is 474 g/mol. The monoisotopic (exact) mass is 473 g/mol. The number of carbonyl (C=O) groups is 1. The van der Waals surface area contributed by atoms with Gasteiger partial charge in [0.1, 0.15) is 5.82 Å². The molecule has 0 spiro atoms. The summed E-state index contributed by atoms with van der Waals surface area (Å²) >= 11 is 0. The van der Waals surface area contributed by atoms with Crippen molar-refractivity contribution in [2.75, 3.05) is 50.5 Å². The lowest BCUT2D eigenvalue weighted by atomic mass is 9.85. The molecule has 7 heteroatoms. The molecule has 0 aliphatic carbocycles. The van der Waals surface area contributed by atoms with Crippen LogP contribution in [0.3, 0.4) is 0 Å². The molecule has 4 rings (SSSR count).